The number of carbonyl (C=O) groups is 1. The number of rotatable bonds is 2. The lowest BCUT2D eigenvalue weighted by Gasteiger charge is -2.34. The van der Waals surface area contributed by atoms with Gasteiger partial charge in [-0.2, -0.15) is 0 Å². The lowest BCUT2D eigenvalue weighted by Crippen LogP contribution is -2.45. The van der Waals surface area contributed by atoms with Crippen LogP contribution in [0.25, 0.3) is 0 Å². The highest BCUT2D eigenvalue weighted by atomic mass is 16.3. The number of carbonyl (C=O) groups excluding carboxylic acids is 1. The lowest BCUT2D eigenvalue weighted by molar-refractivity contribution is 0.0497. The molecule has 1 amide bonds. The van der Waals surface area contributed by atoms with E-state index in [2.05, 4.69) is 4.98 Å². The summed E-state index contributed by atoms with van der Waals surface area (Å²) in [5.74, 6) is -0.143. The van der Waals surface area contributed by atoms with Gasteiger partial charge in [0.05, 0.1) is 12.6 Å². The normalized spacial score (nSPS) is 20.3. The summed E-state index contributed by atoms with van der Waals surface area (Å²) >= 11 is 0. The van der Waals surface area contributed by atoms with Crippen LogP contribution in [0.5, 0.6) is 0 Å². The molecule has 5 heteroatoms. The van der Waals surface area contributed by atoms with E-state index in [1.807, 2.05) is 0 Å². The highest BCUT2D eigenvalue weighted by molar-refractivity contribution is 5.93. The van der Waals surface area contributed by atoms with Crippen molar-refractivity contribution in [3.63, 3.8) is 0 Å². The third-order valence-corrected chi connectivity index (χ3v) is 3.10. The van der Waals surface area contributed by atoms with E-state index < -0.39 is 0 Å². The van der Waals surface area contributed by atoms with E-state index in [0.29, 0.717) is 17.9 Å². The molecule has 1 aromatic heterocycles. The Morgan fingerprint density at radius 2 is 2.41 bits per heavy atom. The van der Waals surface area contributed by atoms with Crippen molar-refractivity contribution in [2.75, 3.05) is 18.9 Å². The van der Waals surface area contributed by atoms with Crippen molar-refractivity contribution in [2.24, 2.45) is 0 Å². The summed E-state index contributed by atoms with van der Waals surface area (Å²) in [7, 11) is 0. The molecule has 1 unspecified atom stereocenters. The van der Waals surface area contributed by atoms with Crippen molar-refractivity contribution in [3.05, 3.63) is 24.0 Å². The molecule has 0 saturated carbocycles. The number of aliphatic hydroxyl groups is 1. The molecule has 1 fully saturated rings. The molecule has 0 bridgehead atoms. The van der Waals surface area contributed by atoms with E-state index in [1.165, 1.54) is 6.20 Å². The SMILES string of the molecule is Nc1ccnc(C(=O)N2CCCCC2CO)c1. The Hall–Kier alpha value is -1.62. The Balaban J connectivity index is 2.18. The molecule has 0 aromatic carbocycles. The standard InChI is InChI=1S/C12H17N3O2/c13-9-4-5-14-11(7-9)12(17)15-6-2-1-3-10(15)8-16/h4-5,7,10,16H,1-3,6,8H2,(H2,13,14). The van der Waals surface area contributed by atoms with Gasteiger partial charge < -0.3 is 15.7 Å². The first kappa shape index (κ1) is 11.9. The number of pyridine rings is 1. The maximum absolute atomic E-state index is 12.2. The number of nitrogens with zero attached hydrogens (tertiary/aromatic N) is 2. The van der Waals surface area contributed by atoms with Crippen molar-refractivity contribution >= 4 is 11.6 Å². The van der Waals surface area contributed by atoms with Crippen LogP contribution in [0, 0.1) is 0 Å². The van der Waals surface area contributed by atoms with Gasteiger partial charge in [0.1, 0.15) is 5.69 Å². The summed E-state index contributed by atoms with van der Waals surface area (Å²) in [6.45, 7) is 0.689. The number of hydrogen-bond donors (Lipinski definition) is 2. The van der Waals surface area contributed by atoms with Crippen LogP contribution in [0.3, 0.4) is 0 Å². The molecule has 1 saturated heterocycles. The second kappa shape index (κ2) is 5.14. The third-order valence-electron chi connectivity index (χ3n) is 3.10. The number of hydrogen-bond acceptors (Lipinski definition) is 4. The molecule has 2 rings (SSSR count). The summed E-state index contributed by atoms with van der Waals surface area (Å²) in [5.41, 5.74) is 6.51. The molecule has 17 heavy (non-hydrogen) atoms. The first-order valence-electron chi connectivity index (χ1n) is 5.85. The average Bonchev–Trinajstić information content (AvgIpc) is 2.38. The van der Waals surface area contributed by atoms with Gasteiger partial charge in [-0.1, -0.05) is 0 Å². The zero-order valence-electron chi connectivity index (χ0n) is 9.67. The van der Waals surface area contributed by atoms with Crippen molar-refractivity contribution < 1.29 is 9.90 Å². The van der Waals surface area contributed by atoms with Gasteiger partial charge in [0, 0.05) is 18.4 Å². The zero-order chi connectivity index (χ0) is 12.3. The Morgan fingerprint density at radius 3 is 3.12 bits per heavy atom. The van der Waals surface area contributed by atoms with Crippen LogP contribution in [0.4, 0.5) is 5.69 Å². The van der Waals surface area contributed by atoms with Gasteiger partial charge in [0.2, 0.25) is 0 Å². The molecule has 1 aromatic rings. The van der Waals surface area contributed by atoms with Gasteiger partial charge in [0.25, 0.3) is 5.91 Å². The number of nitrogen functional groups attached to an aromatic ring is 1. The zero-order valence-corrected chi connectivity index (χ0v) is 9.67. The Kier molecular flexibility index (Phi) is 3.58. The van der Waals surface area contributed by atoms with Crippen LogP contribution in [0.2, 0.25) is 0 Å². The average molecular weight is 235 g/mol. The van der Waals surface area contributed by atoms with Gasteiger partial charge in [-0.05, 0) is 31.4 Å². The van der Waals surface area contributed by atoms with Crippen molar-refractivity contribution in [3.8, 4) is 0 Å². The first-order valence-corrected chi connectivity index (χ1v) is 5.85. The molecule has 3 N–H and O–H groups in total. The van der Waals surface area contributed by atoms with E-state index in [0.717, 1.165) is 19.3 Å². The highest BCUT2D eigenvalue weighted by Crippen LogP contribution is 2.19. The fraction of sp³-hybridized carbons (Fsp3) is 0.500. The molecule has 1 atom stereocenters. The predicted octanol–water partition coefficient (Wildman–Crippen LogP) is 0.651. The summed E-state index contributed by atoms with van der Waals surface area (Å²) < 4.78 is 0. The quantitative estimate of drug-likeness (QED) is 0.788. The maximum Gasteiger partial charge on any atom is 0.272 e. The number of aromatic nitrogens is 1. The smallest absolute Gasteiger partial charge is 0.272 e. The number of anilines is 1. The van der Waals surface area contributed by atoms with E-state index in [4.69, 9.17) is 5.73 Å². The van der Waals surface area contributed by atoms with Crippen LogP contribution in [0.1, 0.15) is 29.8 Å². The van der Waals surface area contributed by atoms with Crippen LogP contribution >= 0.6 is 0 Å². The van der Waals surface area contributed by atoms with Gasteiger partial charge in [0.15, 0.2) is 0 Å². The Labute approximate surface area is 100 Å². The van der Waals surface area contributed by atoms with E-state index >= 15 is 0 Å². The molecular weight excluding hydrogens is 218 g/mol. The fourth-order valence-electron chi connectivity index (χ4n) is 2.17. The number of piperidine rings is 1. The summed E-state index contributed by atoms with van der Waals surface area (Å²) in [6.07, 6.45) is 4.41. The number of amides is 1. The molecule has 92 valence electrons. The van der Waals surface area contributed by atoms with Crippen molar-refractivity contribution in [2.45, 2.75) is 25.3 Å². The van der Waals surface area contributed by atoms with E-state index in [-0.39, 0.29) is 18.6 Å². The second-order valence-corrected chi connectivity index (χ2v) is 4.31. The minimum Gasteiger partial charge on any atom is -0.399 e. The molecule has 1 aliphatic heterocycles. The third kappa shape index (κ3) is 2.55. The molecule has 0 spiro atoms. The molecule has 5 nitrogen and oxygen atoms in total. The number of aliphatic hydroxyl groups excluding tert-OH is 1. The minimum absolute atomic E-state index is 0.00799. The summed E-state index contributed by atoms with van der Waals surface area (Å²) in [5, 5.41) is 9.27. The van der Waals surface area contributed by atoms with Gasteiger partial charge >= 0.3 is 0 Å². The van der Waals surface area contributed by atoms with E-state index in [9.17, 15) is 9.90 Å². The summed E-state index contributed by atoms with van der Waals surface area (Å²) in [6, 6.07) is 3.14. The van der Waals surface area contributed by atoms with Gasteiger partial charge in [-0.25, -0.2) is 0 Å². The monoisotopic (exact) mass is 235 g/mol. The summed E-state index contributed by atoms with van der Waals surface area (Å²) in [4.78, 5) is 17.9. The molecule has 1 aliphatic rings. The van der Waals surface area contributed by atoms with Gasteiger partial charge in [-0.15, -0.1) is 0 Å². The predicted molar refractivity (Wildman–Crippen MR) is 64.4 cm³/mol. The van der Waals surface area contributed by atoms with Crippen LogP contribution in [-0.4, -0.2) is 40.1 Å². The van der Waals surface area contributed by atoms with Crippen LogP contribution in [0.15, 0.2) is 18.3 Å². The highest BCUT2D eigenvalue weighted by Gasteiger charge is 2.27. The molecular formula is C12H17N3O2. The lowest BCUT2D eigenvalue weighted by atomic mass is 10.0. The van der Waals surface area contributed by atoms with Crippen molar-refractivity contribution in [1.82, 2.24) is 9.88 Å². The Morgan fingerprint density at radius 1 is 1.59 bits per heavy atom. The van der Waals surface area contributed by atoms with Gasteiger partial charge in [-0.3, -0.25) is 9.78 Å². The maximum atomic E-state index is 12.2. The molecule has 0 aliphatic carbocycles. The van der Waals surface area contributed by atoms with Crippen LogP contribution in [-0.2, 0) is 0 Å². The first-order chi connectivity index (χ1) is 8.22. The van der Waals surface area contributed by atoms with Crippen LogP contribution < -0.4 is 5.73 Å². The Bertz CT molecular complexity index is 408. The minimum atomic E-state index is -0.143. The topological polar surface area (TPSA) is 79.5 Å². The number of likely N-dealkylation sites (tertiary alicyclic amines) is 1. The largest absolute Gasteiger partial charge is 0.399 e. The van der Waals surface area contributed by atoms with Crippen molar-refractivity contribution in [1.29, 1.82) is 0 Å². The molecule has 0 radical (unpaired) electrons. The molecule has 2 heterocycles. The fourth-order valence-corrected chi connectivity index (χ4v) is 2.17. The second-order valence-electron chi connectivity index (χ2n) is 4.31. The number of nitrogens with two attached hydrogens (primary N) is 1. The van der Waals surface area contributed by atoms with E-state index in [1.54, 1.807) is 17.0 Å².